The first-order valence-corrected chi connectivity index (χ1v) is 11.8. The molecule has 0 unspecified atom stereocenters. The molecule has 3 fully saturated rings. The van der Waals surface area contributed by atoms with E-state index in [0.29, 0.717) is 36.5 Å². The van der Waals surface area contributed by atoms with E-state index in [4.69, 9.17) is 16.3 Å². The summed E-state index contributed by atoms with van der Waals surface area (Å²) in [5.74, 6) is -1.22. The Morgan fingerprint density at radius 2 is 1.71 bits per heavy atom. The quantitative estimate of drug-likeness (QED) is 0.721. The first kappa shape index (κ1) is 22.8. The molecule has 3 amide bonds. The van der Waals surface area contributed by atoms with E-state index in [1.54, 1.807) is 29.2 Å². The number of benzene rings is 2. The van der Waals surface area contributed by atoms with Gasteiger partial charge in [0, 0.05) is 48.1 Å². The predicted octanol–water partition coefficient (Wildman–Crippen LogP) is 3.23. The zero-order valence-electron chi connectivity index (χ0n) is 18.5. The van der Waals surface area contributed by atoms with Crippen LogP contribution in [0, 0.1) is 5.82 Å². The summed E-state index contributed by atoms with van der Waals surface area (Å²) < 4.78 is 19.6. The molecule has 1 atom stereocenters. The number of likely N-dealkylation sites (tertiary alicyclic amines) is 1. The van der Waals surface area contributed by atoms with Crippen LogP contribution in [0.15, 0.2) is 48.5 Å². The van der Waals surface area contributed by atoms with E-state index in [2.05, 4.69) is 5.32 Å². The average Bonchev–Trinajstić information content (AvgIpc) is 3.58. The van der Waals surface area contributed by atoms with Crippen LogP contribution in [-0.2, 0) is 9.53 Å². The van der Waals surface area contributed by atoms with E-state index < -0.39 is 17.6 Å². The van der Waals surface area contributed by atoms with Crippen molar-refractivity contribution < 1.29 is 23.5 Å². The summed E-state index contributed by atoms with van der Waals surface area (Å²) in [6.07, 6.45) is 2.58. The van der Waals surface area contributed by atoms with Crippen molar-refractivity contribution in [2.24, 2.45) is 0 Å². The lowest BCUT2D eigenvalue weighted by Gasteiger charge is -2.44. The largest absolute Gasteiger partial charge is 0.353 e. The zero-order valence-corrected chi connectivity index (χ0v) is 19.3. The molecule has 0 radical (unpaired) electrons. The van der Waals surface area contributed by atoms with Crippen molar-refractivity contribution in [2.75, 3.05) is 19.7 Å². The van der Waals surface area contributed by atoms with Crippen LogP contribution in [0.5, 0.6) is 0 Å². The Morgan fingerprint density at radius 3 is 2.35 bits per heavy atom. The summed E-state index contributed by atoms with van der Waals surface area (Å²) in [6.45, 7) is 0.790. The van der Waals surface area contributed by atoms with Gasteiger partial charge in [-0.1, -0.05) is 17.7 Å². The number of hydrogen-bond acceptors (Lipinski definition) is 4. The molecule has 3 aliphatic rings. The number of rotatable bonds is 4. The molecule has 5 rings (SSSR count). The lowest BCUT2D eigenvalue weighted by molar-refractivity contribution is -0.128. The maximum absolute atomic E-state index is 13.6. The molecule has 1 spiro atoms. The molecule has 2 aromatic rings. The van der Waals surface area contributed by atoms with E-state index in [-0.39, 0.29) is 35.9 Å². The third-order valence-corrected chi connectivity index (χ3v) is 6.94. The van der Waals surface area contributed by atoms with E-state index in [1.165, 1.54) is 29.2 Å². The van der Waals surface area contributed by atoms with Gasteiger partial charge in [0.15, 0.2) is 0 Å². The molecule has 2 saturated heterocycles. The minimum atomic E-state index is -1.01. The fourth-order valence-electron chi connectivity index (χ4n) is 4.69. The Bertz CT molecular complexity index is 1110. The van der Waals surface area contributed by atoms with Crippen LogP contribution in [0.2, 0.25) is 5.02 Å². The second kappa shape index (κ2) is 9.00. The smallest absolute Gasteiger partial charge is 0.256 e. The number of nitrogens with zero attached hydrogens (tertiary/aromatic N) is 2. The summed E-state index contributed by atoms with van der Waals surface area (Å²) >= 11 is 6.04. The van der Waals surface area contributed by atoms with Crippen molar-refractivity contribution in [1.82, 2.24) is 15.1 Å². The highest BCUT2D eigenvalue weighted by Gasteiger charge is 2.54. The van der Waals surface area contributed by atoms with Crippen molar-refractivity contribution >= 4 is 29.3 Å². The molecule has 0 bridgehead atoms. The number of amides is 3. The van der Waals surface area contributed by atoms with Crippen LogP contribution >= 0.6 is 11.6 Å². The maximum Gasteiger partial charge on any atom is 0.256 e. The van der Waals surface area contributed by atoms with Gasteiger partial charge in [-0.05, 0) is 55.3 Å². The fourth-order valence-corrected chi connectivity index (χ4v) is 4.88. The summed E-state index contributed by atoms with van der Waals surface area (Å²) in [6, 6.07) is 11.4. The van der Waals surface area contributed by atoms with Gasteiger partial charge in [0.25, 0.3) is 11.8 Å². The fraction of sp³-hybridized carbons (Fsp3) is 0.400. The molecule has 9 heteroatoms. The molecule has 1 aliphatic carbocycles. The topological polar surface area (TPSA) is 79.0 Å². The lowest BCUT2D eigenvalue weighted by Crippen LogP contribution is -2.60. The molecule has 0 aromatic heterocycles. The first-order valence-electron chi connectivity index (χ1n) is 11.4. The predicted molar refractivity (Wildman–Crippen MR) is 123 cm³/mol. The van der Waals surface area contributed by atoms with E-state index in [9.17, 15) is 18.8 Å². The average molecular weight is 486 g/mol. The van der Waals surface area contributed by atoms with Gasteiger partial charge >= 0.3 is 0 Å². The van der Waals surface area contributed by atoms with Crippen LogP contribution in [0.25, 0.3) is 0 Å². The summed E-state index contributed by atoms with van der Waals surface area (Å²) in [5, 5.41) is 3.45. The number of ether oxygens (including phenoxy) is 1. The zero-order chi connectivity index (χ0) is 23.9. The Morgan fingerprint density at radius 1 is 1.00 bits per heavy atom. The van der Waals surface area contributed by atoms with Crippen LogP contribution in [0.1, 0.15) is 46.4 Å². The van der Waals surface area contributed by atoms with Crippen molar-refractivity contribution in [3.8, 4) is 0 Å². The molecule has 1 N–H and O–H groups in total. The van der Waals surface area contributed by atoms with Gasteiger partial charge in [-0.3, -0.25) is 19.3 Å². The second-order valence-corrected chi connectivity index (χ2v) is 9.48. The molecule has 34 heavy (non-hydrogen) atoms. The van der Waals surface area contributed by atoms with Crippen molar-refractivity contribution in [1.29, 1.82) is 0 Å². The highest BCUT2D eigenvalue weighted by atomic mass is 35.5. The van der Waals surface area contributed by atoms with Crippen LogP contribution in [0.3, 0.4) is 0 Å². The summed E-state index contributed by atoms with van der Waals surface area (Å²) in [7, 11) is 0. The van der Waals surface area contributed by atoms with E-state index in [0.717, 1.165) is 12.8 Å². The van der Waals surface area contributed by atoms with Gasteiger partial charge in [0.2, 0.25) is 5.91 Å². The maximum atomic E-state index is 13.6. The lowest BCUT2D eigenvalue weighted by atomic mass is 9.96. The monoisotopic (exact) mass is 485 g/mol. The molecular weight excluding hydrogens is 461 g/mol. The van der Waals surface area contributed by atoms with Crippen LogP contribution < -0.4 is 5.32 Å². The number of hydrogen-bond donors (Lipinski definition) is 1. The van der Waals surface area contributed by atoms with Gasteiger partial charge < -0.3 is 15.0 Å². The third kappa shape index (κ3) is 4.40. The van der Waals surface area contributed by atoms with Gasteiger partial charge in [-0.2, -0.15) is 0 Å². The Kier molecular flexibility index (Phi) is 6.04. The molecule has 178 valence electrons. The summed E-state index contributed by atoms with van der Waals surface area (Å²) in [4.78, 5) is 42.8. The third-order valence-electron chi connectivity index (χ3n) is 6.70. The number of carbonyl (C=O) groups excluding carboxylic acids is 3. The Labute approximate surface area is 201 Å². The first-order chi connectivity index (χ1) is 16.4. The number of carbonyl (C=O) groups is 3. The van der Waals surface area contributed by atoms with Gasteiger partial charge in [0.1, 0.15) is 17.6 Å². The second-order valence-electron chi connectivity index (χ2n) is 9.04. The molecular formula is C25H25ClFN3O4. The number of nitrogens with one attached hydrogen (secondary N) is 1. The Balaban J connectivity index is 1.37. The number of piperidine rings is 1. The minimum Gasteiger partial charge on any atom is -0.353 e. The standard InChI is InChI=1S/C25H25ClFN3O4/c26-18-3-1-2-17(14-18)23(32)29-12-10-25(11-13-29)30(24(33)16-4-6-19(27)7-5-16)21(15-34-25)22(31)28-20-8-9-20/h1-7,14,20-21H,8-13,15H2,(H,28,31)/t21-/m0/s1. The van der Waals surface area contributed by atoms with E-state index >= 15 is 0 Å². The molecule has 2 heterocycles. The molecule has 2 aromatic carbocycles. The Hall–Kier alpha value is -2.97. The van der Waals surface area contributed by atoms with Crippen LogP contribution in [0.4, 0.5) is 4.39 Å². The van der Waals surface area contributed by atoms with Crippen molar-refractivity contribution in [3.05, 3.63) is 70.5 Å². The molecule has 7 nitrogen and oxygen atoms in total. The normalized spacial score (nSPS) is 21.5. The van der Waals surface area contributed by atoms with E-state index in [1.807, 2.05) is 0 Å². The highest BCUT2D eigenvalue weighted by Crippen LogP contribution is 2.39. The van der Waals surface area contributed by atoms with Gasteiger partial charge in [0.05, 0.1) is 6.61 Å². The number of halogens is 2. The summed E-state index contributed by atoms with van der Waals surface area (Å²) in [5.41, 5.74) is -0.230. The van der Waals surface area contributed by atoms with Crippen molar-refractivity contribution in [3.63, 3.8) is 0 Å². The minimum absolute atomic E-state index is 0.0771. The van der Waals surface area contributed by atoms with Crippen LogP contribution in [-0.4, -0.2) is 65.0 Å². The molecule has 2 aliphatic heterocycles. The SMILES string of the molecule is O=C(NC1CC1)[C@@H]1COC2(CCN(C(=O)c3cccc(Cl)c3)CC2)N1C(=O)c1ccc(F)cc1. The van der Waals surface area contributed by atoms with Gasteiger partial charge in [-0.15, -0.1) is 0 Å². The highest BCUT2D eigenvalue weighted by molar-refractivity contribution is 6.30. The van der Waals surface area contributed by atoms with Gasteiger partial charge in [-0.25, -0.2) is 4.39 Å². The molecule has 1 saturated carbocycles. The van der Waals surface area contributed by atoms with Crippen molar-refractivity contribution in [2.45, 2.75) is 43.5 Å².